The maximum atomic E-state index is 12.0. The van der Waals surface area contributed by atoms with Gasteiger partial charge in [-0.25, -0.2) is 4.79 Å². The van der Waals surface area contributed by atoms with Gasteiger partial charge in [0.05, 0.1) is 0 Å². The molecule has 4 atom stereocenters. The van der Waals surface area contributed by atoms with Gasteiger partial charge in [0.25, 0.3) is 0 Å². The van der Waals surface area contributed by atoms with E-state index in [0.29, 0.717) is 0 Å². The molecule has 2 fully saturated rings. The fraction of sp³-hybridized carbons (Fsp3) is 0.750. The highest BCUT2D eigenvalue weighted by molar-refractivity contribution is 5.90. The number of carbonyl (C=O) groups is 2. The average Bonchev–Trinajstić information content (AvgIpc) is 2.46. The molecule has 0 aliphatic heterocycles. The van der Waals surface area contributed by atoms with Gasteiger partial charge in [0, 0.05) is 0 Å². The lowest BCUT2D eigenvalue weighted by Gasteiger charge is -2.39. The highest BCUT2D eigenvalue weighted by atomic mass is 16.5. The number of fused-ring (bicyclic) bond motifs is 1. The molecular weight excluding hydrogens is 254 g/mol. The zero-order valence-corrected chi connectivity index (χ0v) is 12.3. The quantitative estimate of drug-likeness (QED) is 0.635. The van der Waals surface area contributed by atoms with E-state index in [9.17, 15) is 9.59 Å². The summed E-state index contributed by atoms with van der Waals surface area (Å²) in [7, 11) is 0. The van der Waals surface area contributed by atoms with Gasteiger partial charge in [-0.3, -0.25) is 4.79 Å². The van der Waals surface area contributed by atoms with Crippen LogP contribution >= 0.6 is 0 Å². The minimum atomic E-state index is -0.607. The van der Waals surface area contributed by atoms with Gasteiger partial charge in [-0.15, -0.1) is 0 Å². The van der Waals surface area contributed by atoms with Crippen molar-refractivity contribution in [1.29, 1.82) is 0 Å². The fourth-order valence-corrected chi connectivity index (χ4v) is 3.53. The minimum absolute atomic E-state index is 0.0323. The van der Waals surface area contributed by atoms with Gasteiger partial charge in [0.15, 0.2) is 0 Å². The summed E-state index contributed by atoms with van der Waals surface area (Å²) >= 11 is 0. The van der Waals surface area contributed by atoms with E-state index in [-0.39, 0.29) is 18.0 Å². The molecule has 2 saturated carbocycles. The Kier molecular flexibility index (Phi) is 5.21. The van der Waals surface area contributed by atoms with Crippen LogP contribution in [0.4, 0.5) is 0 Å². The van der Waals surface area contributed by atoms with Crippen molar-refractivity contribution < 1.29 is 14.3 Å². The lowest BCUT2D eigenvalue weighted by Crippen LogP contribution is -2.41. The molecule has 0 heterocycles. The van der Waals surface area contributed by atoms with Crippen LogP contribution in [-0.2, 0) is 14.3 Å². The van der Waals surface area contributed by atoms with E-state index in [1.54, 1.807) is 6.92 Å². The average molecular weight is 279 g/mol. The van der Waals surface area contributed by atoms with Crippen molar-refractivity contribution in [2.24, 2.45) is 11.8 Å². The highest BCUT2D eigenvalue weighted by Gasteiger charge is 2.34. The molecule has 0 radical (unpaired) electrons. The Hall–Kier alpha value is -1.32. The molecule has 0 aromatic heterocycles. The summed E-state index contributed by atoms with van der Waals surface area (Å²) in [5, 5.41) is 2.54. The predicted molar refractivity (Wildman–Crippen MR) is 77.0 cm³/mol. The number of ether oxygens (including phenoxy) is 1. The van der Waals surface area contributed by atoms with Gasteiger partial charge in [-0.2, -0.15) is 0 Å². The molecule has 0 saturated heterocycles. The van der Waals surface area contributed by atoms with Crippen LogP contribution in [0.3, 0.4) is 0 Å². The van der Waals surface area contributed by atoms with Gasteiger partial charge < -0.3 is 10.1 Å². The van der Waals surface area contributed by atoms with Crippen molar-refractivity contribution in [3.8, 4) is 0 Å². The van der Waals surface area contributed by atoms with E-state index in [4.69, 9.17) is 4.74 Å². The summed E-state index contributed by atoms with van der Waals surface area (Å²) in [6.07, 6.45) is 9.63. The van der Waals surface area contributed by atoms with Crippen molar-refractivity contribution in [2.75, 3.05) is 0 Å². The molecule has 2 aliphatic rings. The van der Waals surface area contributed by atoms with Gasteiger partial charge in [-0.05, 0) is 44.1 Å². The molecule has 4 heteroatoms. The second-order valence-corrected chi connectivity index (χ2v) is 6.11. The number of rotatable bonds is 4. The van der Waals surface area contributed by atoms with Gasteiger partial charge >= 0.3 is 5.97 Å². The number of amides is 1. The van der Waals surface area contributed by atoms with Crippen LogP contribution in [0.25, 0.3) is 0 Å². The van der Waals surface area contributed by atoms with Crippen molar-refractivity contribution >= 4 is 11.9 Å². The summed E-state index contributed by atoms with van der Waals surface area (Å²) in [6, 6.07) is -0.607. The Morgan fingerprint density at radius 2 is 1.90 bits per heavy atom. The Labute approximate surface area is 120 Å². The molecule has 1 N–H and O–H groups in total. The second-order valence-electron chi connectivity index (χ2n) is 6.11. The topological polar surface area (TPSA) is 55.4 Å². The molecule has 4 nitrogen and oxygen atoms in total. The Morgan fingerprint density at radius 1 is 1.20 bits per heavy atom. The summed E-state index contributed by atoms with van der Waals surface area (Å²) in [4.78, 5) is 23.1. The number of carbonyl (C=O) groups excluding carboxylic acids is 2. The molecular formula is C16H25NO3. The minimum Gasteiger partial charge on any atom is -0.461 e. The van der Waals surface area contributed by atoms with Gasteiger partial charge in [-0.1, -0.05) is 32.3 Å². The van der Waals surface area contributed by atoms with Crippen molar-refractivity contribution in [3.63, 3.8) is 0 Å². The lowest BCUT2D eigenvalue weighted by molar-refractivity contribution is -0.155. The predicted octanol–water partition coefficient (Wildman–Crippen LogP) is 2.58. The normalized spacial score (nSPS) is 30.8. The summed E-state index contributed by atoms with van der Waals surface area (Å²) in [5.41, 5.74) is 0. The molecule has 0 aromatic carbocycles. The first-order valence-electron chi connectivity index (χ1n) is 7.73. The smallest absolute Gasteiger partial charge is 0.328 e. The molecule has 2 rings (SSSR count). The monoisotopic (exact) mass is 279 g/mol. The zero-order chi connectivity index (χ0) is 14.5. The first-order chi connectivity index (χ1) is 9.60. The van der Waals surface area contributed by atoms with Crippen molar-refractivity contribution in [2.45, 2.75) is 64.0 Å². The first kappa shape index (κ1) is 15.1. The van der Waals surface area contributed by atoms with E-state index in [1.807, 2.05) is 0 Å². The maximum Gasteiger partial charge on any atom is 0.328 e. The standard InChI is InChI=1S/C16H25NO3/c1-3-15(18)17-11(2)16(19)20-14-9-8-12-6-4-5-7-13(12)10-14/h3,11-14H,1,4-10H2,2H3,(H,17,18)/t11-,12?,13?,14?/m0/s1. The zero-order valence-electron chi connectivity index (χ0n) is 12.3. The van der Waals surface area contributed by atoms with Crippen LogP contribution in [0.5, 0.6) is 0 Å². The van der Waals surface area contributed by atoms with Gasteiger partial charge in [0.1, 0.15) is 12.1 Å². The van der Waals surface area contributed by atoms with E-state index in [1.165, 1.54) is 32.1 Å². The third-order valence-corrected chi connectivity index (χ3v) is 4.67. The SMILES string of the molecule is C=CC(=O)N[C@@H](C)C(=O)OC1CCC2CCCCC2C1. The molecule has 0 spiro atoms. The number of esters is 1. The summed E-state index contributed by atoms with van der Waals surface area (Å²) in [5.74, 6) is 0.898. The maximum absolute atomic E-state index is 12.0. The summed E-state index contributed by atoms with van der Waals surface area (Å²) < 4.78 is 5.56. The molecule has 0 aromatic rings. The second kappa shape index (κ2) is 6.91. The molecule has 2 aliphatic carbocycles. The largest absolute Gasteiger partial charge is 0.461 e. The first-order valence-corrected chi connectivity index (χ1v) is 7.73. The van der Waals surface area contributed by atoms with Crippen LogP contribution in [-0.4, -0.2) is 24.0 Å². The fourth-order valence-electron chi connectivity index (χ4n) is 3.53. The molecule has 3 unspecified atom stereocenters. The van der Waals surface area contributed by atoms with Crippen LogP contribution in [0.2, 0.25) is 0 Å². The number of nitrogens with one attached hydrogen (secondary N) is 1. The molecule has 112 valence electrons. The molecule has 1 amide bonds. The highest BCUT2D eigenvalue weighted by Crippen LogP contribution is 2.41. The van der Waals surface area contributed by atoms with Crippen LogP contribution in [0.1, 0.15) is 51.9 Å². The van der Waals surface area contributed by atoms with Crippen LogP contribution in [0, 0.1) is 11.8 Å². The van der Waals surface area contributed by atoms with Crippen LogP contribution in [0.15, 0.2) is 12.7 Å². The lowest BCUT2D eigenvalue weighted by atomic mass is 9.70. The number of hydrogen-bond donors (Lipinski definition) is 1. The Balaban J connectivity index is 1.79. The van der Waals surface area contributed by atoms with E-state index < -0.39 is 6.04 Å². The summed E-state index contributed by atoms with van der Waals surface area (Å²) in [6.45, 7) is 5.02. The van der Waals surface area contributed by atoms with Crippen molar-refractivity contribution in [1.82, 2.24) is 5.32 Å². The third kappa shape index (κ3) is 3.84. The van der Waals surface area contributed by atoms with E-state index in [2.05, 4.69) is 11.9 Å². The van der Waals surface area contributed by atoms with E-state index in [0.717, 1.165) is 30.8 Å². The number of hydrogen-bond acceptors (Lipinski definition) is 3. The van der Waals surface area contributed by atoms with Crippen LogP contribution < -0.4 is 5.32 Å². The Bertz CT molecular complexity index is 380. The Morgan fingerprint density at radius 3 is 2.60 bits per heavy atom. The van der Waals surface area contributed by atoms with Gasteiger partial charge in [0.2, 0.25) is 5.91 Å². The molecule has 0 bridgehead atoms. The van der Waals surface area contributed by atoms with E-state index >= 15 is 0 Å². The third-order valence-electron chi connectivity index (χ3n) is 4.67. The molecule has 20 heavy (non-hydrogen) atoms. The van der Waals surface area contributed by atoms with Crippen molar-refractivity contribution in [3.05, 3.63) is 12.7 Å².